The minimum absolute atomic E-state index is 0.160. The number of ether oxygens (including phenoxy) is 1. The monoisotopic (exact) mass is 259 g/mol. The molecule has 88 valence electrons. The number of rotatable bonds is 2. The Hall–Kier alpha value is -0.440. The highest BCUT2D eigenvalue weighted by Gasteiger charge is 2.28. The number of benzene rings is 1. The first kappa shape index (κ1) is 12.0. The van der Waals surface area contributed by atoms with E-state index < -0.39 is 0 Å². The Morgan fingerprint density at radius 2 is 1.94 bits per heavy atom. The summed E-state index contributed by atoms with van der Waals surface area (Å²) in [5, 5.41) is 4.55. The highest BCUT2D eigenvalue weighted by molar-refractivity contribution is 6.34. The maximum Gasteiger partial charge on any atom is 0.123 e. The average molecular weight is 260 g/mol. The van der Waals surface area contributed by atoms with E-state index in [9.17, 15) is 0 Å². The first-order chi connectivity index (χ1) is 7.57. The van der Waals surface area contributed by atoms with Crippen molar-refractivity contribution in [2.24, 2.45) is 0 Å². The molecule has 16 heavy (non-hydrogen) atoms. The summed E-state index contributed by atoms with van der Waals surface area (Å²) in [5.41, 5.74) is -0.160. The predicted octanol–water partition coefficient (Wildman–Crippen LogP) is 3.51. The zero-order chi connectivity index (χ0) is 11.6. The van der Waals surface area contributed by atoms with Crippen molar-refractivity contribution in [2.75, 3.05) is 13.1 Å². The van der Waals surface area contributed by atoms with Gasteiger partial charge in [-0.05, 0) is 44.5 Å². The third kappa shape index (κ3) is 3.03. The van der Waals surface area contributed by atoms with Gasteiger partial charge >= 0.3 is 0 Å². The van der Waals surface area contributed by atoms with Gasteiger partial charge < -0.3 is 10.1 Å². The van der Waals surface area contributed by atoms with E-state index in [0.29, 0.717) is 10.0 Å². The Labute approximate surface area is 106 Å². The third-order valence-electron chi connectivity index (χ3n) is 2.76. The van der Waals surface area contributed by atoms with Crippen molar-refractivity contribution in [1.29, 1.82) is 0 Å². The molecule has 1 aromatic rings. The van der Waals surface area contributed by atoms with Gasteiger partial charge in [0.05, 0.1) is 0 Å². The number of halogens is 2. The minimum atomic E-state index is -0.160. The van der Waals surface area contributed by atoms with E-state index in [1.54, 1.807) is 18.2 Å². The molecule has 1 fully saturated rings. The first-order valence-electron chi connectivity index (χ1n) is 5.43. The molecule has 0 saturated carbocycles. The second-order valence-corrected chi connectivity index (χ2v) is 5.31. The second kappa shape index (κ2) is 4.82. The highest BCUT2D eigenvalue weighted by atomic mass is 35.5. The third-order valence-corrected chi connectivity index (χ3v) is 3.19. The fourth-order valence-electron chi connectivity index (χ4n) is 1.99. The standard InChI is InChI=1S/C12H15Cl2NO/c1-12(3-2-4-15-8-12)16-11-6-9(13)5-10(14)7-11/h5-7,15H,2-4,8H2,1H3. The molecule has 0 aromatic heterocycles. The molecule has 0 bridgehead atoms. The van der Waals surface area contributed by atoms with Crippen LogP contribution in [0.3, 0.4) is 0 Å². The summed E-state index contributed by atoms with van der Waals surface area (Å²) in [7, 11) is 0. The van der Waals surface area contributed by atoms with Gasteiger partial charge in [0.15, 0.2) is 0 Å². The Morgan fingerprint density at radius 1 is 1.25 bits per heavy atom. The summed E-state index contributed by atoms with van der Waals surface area (Å²) in [6, 6.07) is 5.30. The summed E-state index contributed by atoms with van der Waals surface area (Å²) in [6.45, 7) is 4.03. The van der Waals surface area contributed by atoms with E-state index in [4.69, 9.17) is 27.9 Å². The van der Waals surface area contributed by atoms with Crippen LogP contribution >= 0.6 is 23.2 Å². The van der Waals surface area contributed by atoms with Gasteiger partial charge in [-0.25, -0.2) is 0 Å². The Morgan fingerprint density at radius 3 is 2.50 bits per heavy atom. The van der Waals surface area contributed by atoms with E-state index in [-0.39, 0.29) is 5.60 Å². The molecule has 0 amide bonds. The molecular weight excluding hydrogens is 245 g/mol. The van der Waals surface area contributed by atoms with Crippen molar-refractivity contribution in [2.45, 2.75) is 25.4 Å². The molecule has 1 atom stereocenters. The van der Waals surface area contributed by atoms with Crippen molar-refractivity contribution in [1.82, 2.24) is 5.32 Å². The van der Waals surface area contributed by atoms with Gasteiger partial charge in [-0.1, -0.05) is 23.2 Å². The van der Waals surface area contributed by atoms with E-state index in [1.165, 1.54) is 0 Å². The minimum Gasteiger partial charge on any atom is -0.486 e. The zero-order valence-electron chi connectivity index (χ0n) is 9.22. The molecule has 4 heteroatoms. The molecule has 1 N–H and O–H groups in total. The van der Waals surface area contributed by atoms with Crippen molar-refractivity contribution in [3.63, 3.8) is 0 Å². The normalized spacial score (nSPS) is 25.4. The summed E-state index contributed by atoms with van der Waals surface area (Å²) in [6.07, 6.45) is 2.18. The van der Waals surface area contributed by atoms with Gasteiger partial charge in [-0.3, -0.25) is 0 Å². The van der Waals surface area contributed by atoms with E-state index >= 15 is 0 Å². The van der Waals surface area contributed by atoms with Gasteiger partial charge in [0.2, 0.25) is 0 Å². The molecule has 1 heterocycles. The SMILES string of the molecule is CC1(Oc2cc(Cl)cc(Cl)c2)CCCNC1. The maximum atomic E-state index is 5.97. The Bertz CT molecular complexity index is 355. The molecule has 2 nitrogen and oxygen atoms in total. The van der Waals surface area contributed by atoms with Crippen LogP contribution in [0, 0.1) is 0 Å². The highest BCUT2D eigenvalue weighted by Crippen LogP contribution is 2.29. The zero-order valence-corrected chi connectivity index (χ0v) is 10.7. The summed E-state index contributed by atoms with van der Waals surface area (Å²) in [5.74, 6) is 0.740. The maximum absolute atomic E-state index is 5.97. The van der Waals surface area contributed by atoms with Crippen molar-refractivity contribution in [3.8, 4) is 5.75 Å². The molecule has 1 aliphatic rings. The van der Waals surface area contributed by atoms with E-state index in [1.807, 2.05) is 0 Å². The molecule has 1 unspecified atom stereocenters. The Balaban J connectivity index is 2.13. The molecule has 2 rings (SSSR count). The van der Waals surface area contributed by atoms with Gasteiger partial charge in [-0.15, -0.1) is 0 Å². The second-order valence-electron chi connectivity index (χ2n) is 4.44. The first-order valence-corrected chi connectivity index (χ1v) is 6.19. The summed E-state index contributed by atoms with van der Waals surface area (Å²) >= 11 is 11.9. The van der Waals surface area contributed by atoms with Gasteiger partial charge in [0, 0.05) is 16.6 Å². The fraction of sp³-hybridized carbons (Fsp3) is 0.500. The number of piperidine rings is 1. The molecule has 0 spiro atoms. The van der Waals surface area contributed by atoms with Crippen molar-refractivity contribution >= 4 is 23.2 Å². The summed E-state index contributed by atoms with van der Waals surface area (Å²) < 4.78 is 5.97. The topological polar surface area (TPSA) is 21.3 Å². The van der Waals surface area contributed by atoms with E-state index in [0.717, 1.165) is 31.7 Å². The van der Waals surface area contributed by atoms with Crippen LogP contribution in [0.5, 0.6) is 5.75 Å². The van der Waals surface area contributed by atoms with Gasteiger partial charge in [0.1, 0.15) is 11.4 Å². The molecule has 1 saturated heterocycles. The average Bonchev–Trinajstić information content (AvgIpc) is 2.15. The molecular formula is C12H15Cl2NO. The smallest absolute Gasteiger partial charge is 0.123 e. The lowest BCUT2D eigenvalue weighted by Crippen LogP contribution is -2.47. The van der Waals surface area contributed by atoms with Crippen molar-refractivity contribution < 1.29 is 4.74 Å². The largest absolute Gasteiger partial charge is 0.486 e. The Kier molecular flexibility index (Phi) is 3.63. The fourth-order valence-corrected chi connectivity index (χ4v) is 2.49. The van der Waals surface area contributed by atoms with Crippen LogP contribution in [-0.4, -0.2) is 18.7 Å². The van der Waals surface area contributed by atoms with Crippen molar-refractivity contribution in [3.05, 3.63) is 28.2 Å². The quantitative estimate of drug-likeness (QED) is 0.878. The van der Waals surface area contributed by atoms with Crippen LogP contribution in [0.2, 0.25) is 10.0 Å². The van der Waals surface area contributed by atoms with E-state index in [2.05, 4.69) is 12.2 Å². The molecule has 1 aromatic carbocycles. The van der Waals surface area contributed by atoms with Crippen LogP contribution in [0.4, 0.5) is 0 Å². The van der Waals surface area contributed by atoms with Crippen LogP contribution in [0.25, 0.3) is 0 Å². The lowest BCUT2D eigenvalue weighted by molar-refractivity contribution is 0.0615. The molecule has 0 radical (unpaired) electrons. The van der Waals surface area contributed by atoms with Crippen LogP contribution in [0.15, 0.2) is 18.2 Å². The summed E-state index contributed by atoms with van der Waals surface area (Å²) in [4.78, 5) is 0. The molecule has 1 aliphatic heterocycles. The number of hydrogen-bond donors (Lipinski definition) is 1. The lowest BCUT2D eigenvalue weighted by atomic mass is 9.96. The van der Waals surface area contributed by atoms with Crippen LogP contribution in [-0.2, 0) is 0 Å². The van der Waals surface area contributed by atoms with Crippen LogP contribution in [0.1, 0.15) is 19.8 Å². The van der Waals surface area contributed by atoms with Crippen LogP contribution < -0.4 is 10.1 Å². The molecule has 0 aliphatic carbocycles. The lowest BCUT2D eigenvalue weighted by Gasteiger charge is -2.34. The van der Waals surface area contributed by atoms with Gasteiger partial charge in [-0.2, -0.15) is 0 Å². The number of nitrogens with one attached hydrogen (secondary N) is 1. The van der Waals surface area contributed by atoms with Gasteiger partial charge in [0.25, 0.3) is 0 Å². The predicted molar refractivity (Wildman–Crippen MR) is 67.6 cm³/mol. The number of hydrogen-bond acceptors (Lipinski definition) is 2.